The van der Waals surface area contributed by atoms with E-state index in [4.69, 9.17) is 0 Å². The van der Waals surface area contributed by atoms with Gasteiger partial charge in [-0.15, -0.1) is 11.3 Å². The second-order valence-electron chi connectivity index (χ2n) is 3.58. The van der Waals surface area contributed by atoms with E-state index >= 15 is 0 Å². The molecule has 2 rings (SSSR count). The Labute approximate surface area is 126 Å². The molecule has 17 heavy (non-hydrogen) atoms. The van der Waals surface area contributed by atoms with Crippen molar-refractivity contribution in [1.82, 2.24) is 0 Å². The first-order chi connectivity index (χ1) is 8.06. The van der Waals surface area contributed by atoms with Gasteiger partial charge < -0.3 is 5.32 Å². The number of rotatable bonds is 2. The second-order valence-corrected chi connectivity index (χ2v) is 7.24. The highest BCUT2D eigenvalue weighted by Crippen LogP contribution is 2.25. The molecule has 0 saturated heterocycles. The monoisotopic (exact) mass is 421 g/mol. The van der Waals surface area contributed by atoms with Gasteiger partial charge >= 0.3 is 0 Å². The average Bonchev–Trinajstić information content (AvgIpc) is 2.70. The van der Waals surface area contributed by atoms with Crippen LogP contribution in [-0.4, -0.2) is 5.91 Å². The summed E-state index contributed by atoms with van der Waals surface area (Å²) in [5.74, 6) is -0.0736. The molecule has 1 heterocycles. The minimum absolute atomic E-state index is 0.0736. The number of hydrogen-bond donors (Lipinski definition) is 1. The molecule has 1 aromatic carbocycles. The van der Waals surface area contributed by atoms with Crippen LogP contribution in [0, 0.1) is 9.81 Å². The summed E-state index contributed by atoms with van der Waals surface area (Å²) in [4.78, 5) is 12.0. The van der Waals surface area contributed by atoms with E-state index < -0.39 is 0 Å². The molecule has 0 bridgehead atoms. The fraction of sp³-hybridized carbons (Fsp3) is 0.0833. The molecule has 1 aromatic heterocycles. The first-order valence-electron chi connectivity index (χ1n) is 4.88. The summed E-state index contributed by atoms with van der Waals surface area (Å²) in [6, 6.07) is 7.75. The maximum atomic E-state index is 12.0. The molecule has 0 radical (unpaired) electrons. The van der Waals surface area contributed by atoms with Gasteiger partial charge in [0.1, 0.15) is 0 Å². The van der Waals surface area contributed by atoms with Crippen LogP contribution in [0.3, 0.4) is 0 Å². The van der Waals surface area contributed by atoms with Crippen LogP contribution < -0.4 is 5.32 Å². The topological polar surface area (TPSA) is 29.1 Å². The molecule has 0 fully saturated rings. The van der Waals surface area contributed by atoms with Crippen LogP contribution in [0.15, 0.2) is 34.1 Å². The van der Waals surface area contributed by atoms with Crippen LogP contribution in [0.25, 0.3) is 0 Å². The van der Waals surface area contributed by atoms with E-state index in [-0.39, 0.29) is 5.91 Å². The van der Waals surface area contributed by atoms with Gasteiger partial charge in [0.15, 0.2) is 0 Å². The number of nitrogens with one attached hydrogen (secondary N) is 1. The van der Waals surface area contributed by atoms with E-state index in [1.165, 1.54) is 0 Å². The summed E-state index contributed by atoms with van der Waals surface area (Å²) in [5, 5.41) is 4.76. The fourth-order valence-corrected chi connectivity index (χ4v) is 3.03. The molecule has 0 unspecified atom stereocenters. The van der Waals surface area contributed by atoms with E-state index in [0.29, 0.717) is 5.56 Å². The van der Waals surface area contributed by atoms with Crippen molar-refractivity contribution in [1.29, 1.82) is 0 Å². The molecular weight excluding hydrogens is 413 g/mol. The molecule has 1 amide bonds. The fourth-order valence-electron chi connectivity index (χ4n) is 1.36. The summed E-state index contributed by atoms with van der Waals surface area (Å²) in [7, 11) is 0. The standard InChI is InChI=1S/C12H9BrINOS/c1-7-2-3-9(13)10(4-7)15-12(16)8-5-11(14)17-6-8/h2-6H,1H3,(H,15,16). The third-order valence-electron chi connectivity index (χ3n) is 2.20. The van der Waals surface area contributed by atoms with Crippen LogP contribution in [0.5, 0.6) is 0 Å². The van der Waals surface area contributed by atoms with E-state index in [2.05, 4.69) is 43.8 Å². The van der Waals surface area contributed by atoms with Crippen LogP contribution in [0.2, 0.25) is 0 Å². The number of carbonyl (C=O) groups excluding carboxylic acids is 1. The summed E-state index contributed by atoms with van der Waals surface area (Å²) >= 11 is 7.19. The predicted octanol–water partition coefficient (Wildman–Crippen LogP) is 4.68. The third kappa shape index (κ3) is 3.29. The average molecular weight is 422 g/mol. The molecule has 88 valence electrons. The van der Waals surface area contributed by atoms with Crippen LogP contribution >= 0.6 is 49.9 Å². The molecule has 0 aliphatic carbocycles. The Morgan fingerprint density at radius 3 is 2.82 bits per heavy atom. The van der Waals surface area contributed by atoms with Crippen molar-refractivity contribution in [2.45, 2.75) is 6.92 Å². The van der Waals surface area contributed by atoms with Gasteiger partial charge in [-0.05, 0) is 69.2 Å². The number of anilines is 1. The Kier molecular flexibility index (Phi) is 4.22. The quantitative estimate of drug-likeness (QED) is 0.701. The highest BCUT2D eigenvalue weighted by Gasteiger charge is 2.10. The maximum Gasteiger partial charge on any atom is 0.256 e. The van der Waals surface area contributed by atoms with Crippen molar-refractivity contribution in [3.63, 3.8) is 0 Å². The zero-order valence-corrected chi connectivity index (χ0v) is 13.5. The van der Waals surface area contributed by atoms with Crippen LogP contribution in [0.1, 0.15) is 15.9 Å². The van der Waals surface area contributed by atoms with Gasteiger partial charge in [0.05, 0.1) is 14.1 Å². The summed E-state index contributed by atoms with van der Waals surface area (Å²) < 4.78 is 2.00. The van der Waals surface area contributed by atoms with Gasteiger partial charge in [-0.2, -0.15) is 0 Å². The minimum atomic E-state index is -0.0736. The number of aryl methyl sites for hydroxylation is 1. The Morgan fingerprint density at radius 2 is 2.18 bits per heavy atom. The molecule has 0 spiro atoms. The molecular formula is C12H9BrINOS. The van der Waals surface area contributed by atoms with Gasteiger partial charge in [-0.25, -0.2) is 0 Å². The molecule has 2 nitrogen and oxygen atoms in total. The molecule has 2 aromatic rings. The van der Waals surface area contributed by atoms with Gasteiger partial charge in [-0.1, -0.05) is 6.07 Å². The molecule has 0 saturated carbocycles. The Balaban J connectivity index is 2.21. The molecule has 0 aliphatic rings. The predicted molar refractivity (Wildman–Crippen MR) is 83.9 cm³/mol. The van der Waals surface area contributed by atoms with Gasteiger partial charge in [0, 0.05) is 9.85 Å². The van der Waals surface area contributed by atoms with E-state index in [0.717, 1.165) is 18.6 Å². The van der Waals surface area contributed by atoms with Crippen LogP contribution in [0.4, 0.5) is 5.69 Å². The Hall–Kier alpha value is -0.400. The molecule has 5 heteroatoms. The van der Waals surface area contributed by atoms with Crippen molar-refractivity contribution in [2.75, 3.05) is 5.32 Å². The zero-order chi connectivity index (χ0) is 12.4. The molecule has 1 N–H and O–H groups in total. The van der Waals surface area contributed by atoms with E-state index in [1.807, 2.05) is 36.6 Å². The van der Waals surface area contributed by atoms with E-state index in [1.54, 1.807) is 11.3 Å². The Morgan fingerprint density at radius 1 is 1.41 bits per heavy atom. The highest BCUT2D eigenvalue weighted by atomic mass is 127. The summed E-state index contributed by atoms with van der Waals surface area (Å²) in [6.45, 7) is 2.00. The third-order valence-corrected chi connectivity index (χ3v) is 4.68. The van der Waals surface area contributed by atoms with Crippen molar-refractivity contribution >= 4 is 61.5 Å². The first-order valence-corrected chi connectivity index (χ1v) is 7.63. The smallest absolute Gasteiger partial charge is 0.256 e. The van der Waals surface area contributed by atoms with Gasteiger partial charge in [0.25, 0.3) is 5.91 Å². The number of hydrogen-bond acceptors (Lipinski definition) is 2. The number of thiophene rings is 1. The van der Waals surface area contributed by atoms with Crippen molar-refractivity contribution < 1.29 is 4.79 Å². The first kappa shape index (κ1) is 13.0. The summed E-state index contributed by atoms with van der Waals surface area (Å²) in [5.41, 5.74) is 2.62. The number of amides is 1. The van der Waals surface area contributed by atoms with Gasteiger partial charge in [-0.3, -0.25) is 4.79 Å². The minimum Gasteiger partial charge on any atom is -0.321 e. The van der Waals surface area contributed by atoms with Crippen molar-refractivity contribution in [3.8, 4) is 0 Å². The van der Waals surface area contributed by atoms with Crippen molar-refractivity contribution in [2.24, 2.45) is 0 Å². The normalized spacial score (nSPS) is 10.3. The van der Waals surface area contributed by atoms with Crippen molar-refractivity contribution in [3.05, 3.63) is 48.1 Å². The lowest BCUT2D eigenvalue weighted by molar-refractivity contribution is 0.102. The largest absolute Gasteiger partial charge is 0.321 e. The lowest BCUT2D eigenvalue weighted by Gasteiger charge is -2.07. The highest BCUT2D eigenvalue weighted by molar-refractivity contribution is 14.1. The van der Waals surface area contributed by atoms with E-state index in [9.17, 15) is 4.79 Å². The SMILES string of the molecule is Cc1ccc(Br)c(NC(=O)c2csc(I)c2)c1. The lowest BCUT2D eigenvalue weighted by atomic mass is 10.2. The lowest BCUT2D eigenvalue weighted by Crippen LogP contribution is -2.11. The number of carbonyl (C=O) groups is 1. The second kappa shape index (κ2) is 5.49. The number of halogens is 2. The summed E-state index contributed by atoms with van der Waals surface area (Å²) in [6.07, 6.45) is 0. The van der Waals surface area contributed by atoms with Gasteiger partial charge in [0.2, 0.25) is 0 Å². The molecule has 0 aliphatic heterocycles. The number of benzene rings is 1. The zero-order valence-electron chi connectivity index (χ0n) is 8.96. The Bertz CT molecular complexity index is 567. The van der Waals surface area contributed by atoms with Crippen LogP contribution in [-0.2, 0) is 0 Å². The molecule has 0 atom stereocenters. The maximum absolute atomic E-state index is 12.0.